The summed E-state index contributed by atoms with van der Waals surface area (Å²) in [5.74, 6) is 0.773. The first-order valence-electron chi connectivity index (χ1n) is 10.9. The first-order chi connectivity index (χ1) is 15.0. The van der Waals surface area contributed by atoms with Gasteiger partial charge in [-0.3, -0.25) is 0 Å². The summed E-state index contributed by atoms with van der Waals surface area (Å²) in [7, 11) is 0. The lowest BCUT2D eigenvalue weighted by Crippen LogP contribution is -2.57. The van der Waals surface area contributed by atoms with Crippen LogP contribution in [0.3, 0.4) is 0 Å². The van der Waals surface area contributed by atoms with E-state index in [4.69, 9.17) is 21.1 Å². The molecule has 0 unspecified atom stereocenters. The fraction of sp³-hybridized carbons (Fsp3) is 0.440. The molecule has 5 nitrogen and oxygen atoms in total. The number of ether oxygens (including phenoxy) is 2. The van der Waals surface area contributed by atoms with Crippen LogP contribution in [0.15, 0.2) is 48.5 Å². The van der Waals surface area contributed by atoms with Crippen LogP contribution in [0.1, 0.15) is 55.7 Å². The minimum Gasteiger partial charge on any atom is -0.445 e. The molecule has 4 rings (SSSR count). The molecule has 2 bridgehead atoms. The van der Waals surface area contributed by atoms with Gasteiger partial charge < -0.3 is 14.8 Å². The summed E-state index contributed by atoms with van der Waals surface area (Å²) in [6.07, 6.45) is 5.93. The topological polar surface area (TPSA) is 64.6 Å². The Bertz CT molecular complexity index is 948. The zero-order chi connectivity index (χ0) is 21.8. The number of amides is 1. The number of benzene rings is 2. The number of alkyl carbamates (subject to hydrolysis) is 1. The third-order valence-corrected chi connectivity index (χ3v) is 6.87. The molecule has 1 saturated carbocycles. The van der Waals surface area contributed by atoms with E-state index in [2.05, 4.69) is 12.2 Å². The van der Waals surface area contributed by atoms with Crippen LogP contribution in [-0.4, -0.2) is 17.6 Å². The summed E-state index contributed by atoms with van der Waals surface area (Å²) in [5.41, 5.74) is 2.20. The van der Waals surface area contributed by atoms with E-state index in [1.807, 2.05) is 42.5 Å². The van der Waals surface area contributed by atoms with Crippen molar-refractivity contribution in [2.45, 2.75) is 63.5 Å². The van der Waals surface area contributed by atoms with E-state index in [1.54, 1.807) is 6.07 Å². The molecular weight excluding hydrogens is 414 g/mol. The van der Waals surface area contributed by atoms with Crippen LogP contribution in [0.5, 0.6) is 5.75 Å². The van der Waals surface area contributed by atoms with Gasteiger partial charge in [-0.25, -0.2) is 9.59 Å². The highest BCUT2D eigenvalue weighted by molar-refractivity contribution is 6.61. The van der Waals surface area contributed by atoms with Gasteiger partial charge in [-0.15, -0.1) is 0 Å². The maximum atomic E-state index is 12.8. The van der Waals surface area contributed by atoms with E-state index >= 15 is 0 Å². The van der Waals surface area contributed by atoms with Gasteiger partial charge in [0.15, 0.2) is 0 Å². The predicted molar refractivity (Wildman–Crippen MR) is 120 cm³/mol. The van der Waals surface area contributed by atoms with Crippen LogP contribution < -0.4 is 10.1 Å². The van der Waals surface area contributed by atoms with Crippen LogP contribution in [0.4, 0.5) is 9.59 Å². The largest absolute Gasteiger partial charge is 0.445 e. The first kappa shape index (κ1) is 21.7. The molecule has 31 heavy (non-hydrogen) atoms. The summed E-state index contributed by atoms with van der Waals surface area (Å²) in [6.45, 7) is 2.45. The van der Waals surface area contributed by atoms with E-state index < -0.39 is 11.5 Å². The van der Waals surface area contributed by atoms with Crippen molar-refractivity contribution in [3.05, 3.63) is 65.2 Å². The smallest absolute Gasteiger partial charge is 0.409 e. The van der Waals surface area contributed by atoms with Gasteiger partial charge in [-0.2, -0.15) is 0 Å². The van der Waals surface area contributed by atoms with Gasteiger partial charge in [0.25, 0.3) is 0 Å². The molecule has 1 fully saturated rings. The fourth-order valence-electron chi connectivity index (χ4n) is 5.31. The number of nitrogens with one attached hydrogen (secondary N) is 1. The molecule has 164 valence electrons. The number of fused-ring (bicyclic) bond motifs is 4. The van der Waals surface area contributed by atoms with E-state index in [0.717, 1.165) is 43.2 Å². The molecule has 2 aromatic carbocycles. The lowest BCUT2D eigenvalue weighted by Gasteiger charge is -2.49. The van der Waals surface area contributed by atoms with Crippen molar-refractivity contribution >= 4 is 23.1 Å². The second-order valence-corrected chi connectivity index (χ2v) is 9.13. The van der Waals surface area contributed by atoms with Gasteiger partial charge in [0.05, 0.1) is 0 Å². The molecule has 6 heteroatoms. The number of rotatable bonds is 4. The van der Waals surface area contributed by atoms with E-state index in [9.17, 15) is 9.59 Å². The maximum absolute atomic E-state index is 12.8. The minimum absolute atomic E-state index is 0.0504. The average Bonchev–Trinajstić information content (AvgIpc) is 2.75. The van der Waals surface area contributed by atoms with Gasteiger partial charge in [-0.1, -0.05) is 62.6 Å². The van der Waals surface area contributed by atoms with E-state index in [-0.39, 0.29) is 18.1 Å². The van der Waals surface area contributed by atoms with Gasteiger partial charge >= 0.3 is 11.5 Å². The van der Waals surface area contributed by atoms with Crippen LogP contribution in [0.25, 0.3) is 0 Å². The van der Waals surface area contributed by atoms with Crippen molar-refractivity contribution in [2.75, 3.05) is 0 Å². The Balaban J connectivity index is 1.58. The zero-order valence-corrected chi connectivity index (χ0v) is 18.5. The molecular formula is C25H28ClNO4. The lowest BCUT2D eigenvalue weighted by molar-refractivity contribution is 0.110. The molecule has 2 aromatic rings. The van der Waals surface area contributed by atoms with Crippen molar-refractivity contribution < 1.29 is 19.1 Å². The maximum Gasteiger partial charge on any atom is 0.409 e. The highest BCUT2D eigenvalue weighted by atomic mass is 35.5. The summed E-state index contributed by atoms with van der Waals surface area (Å²) in [4.78, 5) is 24.0. The van der Waals surface area contributed by atoms with Crippen LogP contribution in [0.2, 0.25) is 0 Å². The Hall–Kier alpha value is -2.53. The number of halogens is 1. The Kier molecular flexibility index (Phi) is 6.51. The number of carbonyl (C=O) groups excluding carboxylic acids is 2. The van der Waals surface area contributed by atoms with Gasteiger partial charge in [0, 0.05) is 23.1 Å². The fourth-order valence-corrected chi connectivity index (χ4v) is 5.40. The normalized spacial score (nSPS) is 24.8. The molecule has 0 heterocycles. The minimum atomic E-state index is -0.851. The molecule has 0 aliphatic heterocycles. The van der Waals surface area contributed by atoms with E-state index in [0.29, 0.717) is 11.7 Å². The monoisotopic (exact) mass is 441 g/mol. The summed E-state index contributed by atoms with van der Waals surface area (Å²) < 4.78 is 10.7. The first-order valence-corrected chi connectivity index (χ1v) is 11.3. The molecule has 0 spiro atoms. The SMILES string of the molecule is C[C@@]12CCCCC[C@@H](Cc3ccc(OC(=O)Cl)cc31)[C@@H]2NC(=O)OCc1ccccc1. The van der Waals surface area contributed by atoms with Gasteiger partial charge in [-0.05, 0) is 54.0 Å². The highest BCUT2D eigenvalue weighted by Crippen LogP contribution is 2.47. The lowest BCUT2D eigenvalue weighted by atomic mass is 9.59. The molecule has 1 amide bonds. The standard InChI is InChI=1S/C25H28ClNO4/c1-25-13-7-3-6-10-19(14-18-11-12-20(15-21(18)25)31-23(26)28)22(25)27-24(29)30-16-17-8-4-2-5-9-17/h2,4-5,8-9,11-12,15,19,22H,3,6-7,10,13-14,16H2,1H3,(H,27,29)/t19-,22-,25+/m0/s1. The van der Waals surface area contributed by atoms with Crippen molar-refractivity contribution in [3.63, 3.8) is 0 Å². The van der Waals surface area contributed by atoms with Gasteiger partial charge in [0.1, 0.15) is 12.4 Å². The summed E-state index contributed by atoms with van der Waals surface area (Å²) >= 11 is 5.43. The van der Waals surface area contributed by atoms with E-state index in [1.165, 1.54) is 12.0 Å². The summed E-state index contributed by atoms with van der Waals surface area (Å²) in [6, 6.07) is 15.4. The van der Waals surface area contributed by atoms with Crippen LogP contribution in [-0.2, 0) is 23.2 Å². The average molecular weight is 442 g/mol. The van der Waals surface area contributed by atoms with Crippen molar-refractivity contribution in [3.8, 4) is 5.75 Å². The van der Waals surface area contributed by atoms with Gasteiger partial charge in [0.2, 0.25) is 0 Å². The second kappa shape index (κ2) is 9.31. The number of hydrogen-bond acceptors (Lipinski definition) is 4. The third kappa shape index (κ3) is 4.87. The Morgan fingerprint density at radius 2 is 1.94 bits per heavy atom. The van der Waals surface area contributed by atoms with Crippen molar-refractivity contribution in [1.29, 1.82) is 0 Å². The quantitative estimate of drug-likeness (QED) is 0.581. The van der Waals surface area contributed by atoms with Crippen molar-refractivity contribution in [1.82, 2.24) is 5.32 Å². The van der Waals surface area contributed by atoms with Crippen LogP contribution in [0, 0.1) is 5.92 Å². The zero-order valence-electron chi connectivity index (χ0n) is 17.7. The number of hydrogen-bond donors (Lipinski definition) is 1. The molecule has 2 aliphatic carbocycles. The molecule has 3 atom stereocenters. The molecule has 2 aliphatic rings. The molecule has 0 saturated heterocycles. The Labute approximate surface area is 188 Å². The molecule has 0 aromatic heterocycles. The van der Waals surface area contributed by atoms with Crippen molar-refractivity contribution in [2.24, 2.45) is 5.92 Å². The second-order valence-electron chi connectivity index (χ2n) is 8.82. The Morgan fingerprint density at radius 3 is 2.71 bits per heavy atom. The number of carbonyl (C=O) groups is 2. The summed E-state index contributed by atoms with van der Waals surface area (Å²) in [5, 5.41) is 3.21. The Morgan fingerprint density at radius 1 is 1.13 bits per heavy atom. The highest BCUT2D eigenvalue weighted by Gasteiger charge is 2.46. The molecule has 0 radical (unpaired) electrons. The van der Waals surface area contributed by atoms with Crippen LogP contribution >= 0.6 is 11.6 Å². The third-order valence-electron chi connectivity index (χ3n) is 6.79. The molecule has 1 N–H and O–H groups in total. The predicted octanol–water partition coefficient (Wildman–Crippen LogP) is 6.11.